The summed E-state index contributed by atoms with van der Waals surface area (Å²) in [5.74, 6) is -0.619. The number of fused-ring (bicyclic) bond motifs is 3. The monoisotopic (exact) mass is 455 g/mol. The van der Waals surface area contributed by atoms with Crippen molar-refractivity contribution in [3.05, 3.63) is 76.9 Å². The molecule has 5 rings (SSSR count). The first-order valence-corrected chi connectivity index (χ1v) is 11.3. The molecular weight excluding hydrogens is 430 g/mol. The van der Waals surface area contributed by atoms with Crippen LogP contribution in [0.5, 0.6) is 0 Å². The van der Waals surface area contributed by atoms with Crippen molar-refractivity contribution in [3.8, 4) is 22.3 Å². The lowest BCUT2D eigenvalue weighted by atomic mass is 9.94. The van der Waals surface area contributed by atoms with Gasteiger partial charge in [0.1, 0.15) is 0 Å². The Bertz CT molecular complexity index is 1310. The lowest BCUT2D eigenvalue weighted by Crippen LogP contribution is -2.40. The molecule has 1 saturated heterocycles. The molecule has 0 bridgehead atoms. The van der Waals surface area contributed by atoms with Gasteiger partial charge in [0.05, 0.1) is 13.2 Å². The van der Waals surface area contributed by atoms with E-state index in [2.05, 4.69) is 11.4 Å². The van der Waals surface area contributed by atoms with Gasteiger partial charge in [-0.3, -0.25) is 14.4 Å². The van der Waals surface area contributed by atoms with E-state index in [9.17, 15) is 14.4 Å². The Hall–Kier alpha value is -3.97. The number of carbonyl (C=O) groups is 3. The summed E-state index contributed by atoms with van der Waals surface area (Å²) >= 11 is 0. The standard InChI is InChI=1S/C27H25N3O4/c1-16(31)29-21-5-2-17(3-6-21)19-13-23-22-7-4-18(27(33)30-8-10-34-11-9-30)12-20(22)15-24(23)25(14-19)26(28)32/h2-7,12-14H,8-11,15H2,1H3,(H2,28,32)(H,29,31). The second-order valence-electron chi connectivity index (χ2n) is 8.63. The largest absolute Gasteiger partial charge is 0.378 e. The molecule has 0 spiro atoms. The summed E-state index contributed by atoms with van der Waals surface area (Å²) < 4.78 is 5.35. The number of nitrogens with one attached hydrogen (secondary N) is 1. The fourth-order valence-corrected chi connectivity index (χ4v) is 4.71. The SMILES string of the molecule is CC(=O)Nc1ccc(-c2cc(C(N)=O)c3c(c2)-c2ccc(C(=O)N4CCOCC4)cc2C3)cc1. The van der Waals surface area contributed by atoms with Crippen LogP contribution in [-0.4, -0.2) is 48.9 Å². The van der Waals surface area contributed by atoms with Crippen LogP contribution < -0.4 is 11.1 Å². The maximum absolute atomic E-state index is 13.0. The summed E-state index contributed by atoms with van der Waals surface area (Å²) in [6.07, 6.45) is 0.551. The molecule has 0 atom stereocenters. The van der Waals surface area contributed by atoms with Gasteiger partial charge in [-0.2, -0.15) is 0 Å². The quantitative estimate of drug-likeness (QED) is 0.492. The molecular formula is C27H25N3O4. The number of hydrogen-bond donors (Lipinski definition) is 2. The number of carbonyl (C=O) groups excluding carboxylic acids is 3. The number of benzene rings is 3. The predicted octanol–water partition coefficient (Wildman–Crippen LogP) is 3.45. The van der Waals surface area contributed by atoms with Gasteiger partial charge in [-0.05, 0) is 76.2 Å². The third-order valence-electron chi connectivity index (χ3n) is 6.36. The molecule has 0 saturated carbocycles. The number of rotatable bonds is 4. The Morgan fingerprint density at radius 3 is 2.32 bits per heavy atom. The molecule has 1 aliphatic carbocycles. The Morgan fingerprint density at radius 2 is 1.65 bits per heavy atom. The number of hydrogen-bond acceptors (Lipinski definition) is 4. The van der Waals surface area contributed by atoms with Crippen LogP contribution in [0.1, 0.15) is 38.8 Å². The maximum atomic E-state index is 13.0. The van der Waals surface area contributed by atoms with Gasteiger partial charge in [-0.25, -0.2) is 0 Å². The normalized spacial score (nSPS) is 14.3. The second-order valence-corrected chi connectivity index (χ2v) is 8.63. The van der Waals surface area contributed by atoms with Crippen molar-refractivity contribution in [2.45, 2.75) is 13.3 Å². The van der Waals surface area contributed by atoms with Gasteiger partial charge >= 0.3 is 0 Å². The highest BCUT2D eigenvalue weighted by atomic mass is 16.5. The molecule has 1 aliphatic heterocycles. The fourth-order valence-electron chi connectivity index (χ4n) is 4.71. The number of nitrogens with zero attached hydrogens (tertiary/aromatic N) is 1. The minimum atomic E-state index is -0.481. The first-order valence-electron chi connectivity index (χ1n) is 11.3. The van der Waals surface area contributed by atoms with E-state index >= 15 is 0 Å². The van der Waals surface area contributed by atoms with Crippen LogP contribution in [0.4, 0.5) is 5.69 Å². The van der Waals surface area contributed by atoms with E-state index in [0.29, 0.717) is 49.5 Å². The van der Waals surface area contributed by atoms with Crippen LogP contribution in [-0.2, 0) is 16.0 Å². The van der Waals surface area contributed by atoms with Crippen molar-refractivity contribution in [3.63, 3.8) is 0 Å². The van der Waals surface area contributed by atoms with E-state index in [0.717, 1.165) is 33.4 Å². The van der Waals surface area contributed by atoms with E-state index < -0.39 is 5.91 Å². The predicted molar refractivity (Wildman–Crippen MR) is 130 cm³/mol. The van der Waals surface area contributed by atoms with Crippen LogP contribution in [0.25, 0.3) is 22.3 Å². The molecule has 172 valence electrons. The molecule has 0 aromatic heterocycles. The minimum Gasteiger partial charge on any atom is -0.378 e. The second kappa shape index (κ2) is 8.76. The minimum absolute atomic E-state index is 0.00266. The van der Waals surface area contributed by atoms with Gasteiger partial charge < -0.3 is 20.7 Å². The summed E-state index contributed by atoms with van der Waals surface area (Å²) in [7, 11) is 0. The summed E-state index contributed by atoms with van der Waals surface area (Å²) in [5, 5.41) is 2.75. The zero-order chi connectivity index (χ0) is 23.8. The van der Waals surface area contributed by atoms with Gasteiger partial charge in [0.25, 0.3) is 5.91 Å². The number of ether oxygens (including phenoxy) is 1. The van der Waals surface area contributed by atoms with Crippen molar-refractivity contribution in [1.82, 2.24) is 4.90 Å². The topological polar surface area (TPSA) is 102 Å². The molecule has 34 heavy (non-hydrogen) atoms. The molecule has 0 unspecified atom stereocenters. The Morgan fingerprint density at radius 1 is 0.912 bits per heavy atom. The van der Waals surface area contributed by atoms with E-state index in [-0.39, 0.29) is 11.8 Å². The molecule has 2 aliphatic rings. The zero-order valence-corrected chi connectivity index (χ0v) is 18.9. The lowest BCUT2D eigenvalue weighted by molar-refractivity contribution is -0.114. The zero-order valence-electron chi connectivity index (χ0n) is 18.9. The molecule has 1 fully saturated rings. The molecule has 0 radical (unpaired) electrons. The van der Waals surface area contributed by atoms with Crippen molar-refractivity contribution >= 4 is 23.4 Å². The van der Waals surface area contributed by atoms with Gasteiger partial charge in [0, 0.05) is 36.8 Å². The highest BCUT2D eigenvalue weighted by Crippen LogP contribution is 2.41. The lowest BCUT2D eigenvalue weighted by Gasteiger charge is -2.27. The summed E-state index contributed by atoms with van der Waals surface area (Å²) in [5.41, 5.74) is 13.2. The first-order chi connectivity index (χ1) is 16.4. The highest BCUT2D eigenvalue weighted by Gasteiger charge is 2.26. The Labute approximate surface area is 197 Å². The average molecular weight is 456 g/mol. The van der Waals surface area contributed by atoms with Crippen LogP contribution >= 0.6 is 0 Å². The molecule has 7 nitrogen and oxygen atoms in total. The van der Waals surface area contributed by atoms with Crippen LogP contribution in [0.3, 0.4) is 0 Å². The van der Waals surface area contributed by atoms with Gasteiger partial charge in [0.2, 0.25) is 11.8 Å². The third-order valence-corrected chi connectivity index (χ3v) is 6.36. The number of primary amides is 1. The van der Waals surface area contributed by atoms with Crippen molar-refractivity contribution in [2.24, 2.45) is 5.73 Å². The van der Waals surface area contributed by atoms with E-state index in [1.807, 2.05) is 53.4 Å². The van der Waals surface area contributed by atoms with Crippen LogP contribution in [0.15, 0.2) is 54.6 Å². The number of morpholine rings is 1. The van der Waals surface area contributed by atoms with Crippen molar-refractivity contribution in [2.75, 3.05) is 31.6 Å². The van der Waals surface area contributed by atoms with E-state index in [1.54, 1.807) is 0 Å². The number of anilines is 1. The maximum Gasteiger partial charge on any atom is 0.254 e. The Kier molecular flexibility index (Phi) is 5.63. The van der Waals surface area contributed by atoms with Gasteiger partial charge in [-0.15, -0.1) is 0 Å². The molecule has 1 heterocycles. The Balaban J connectivity index is 1.51. The summed E-state index contributed by atoms with van der Waals surface area (Å²) in [6, 6.07) is 17.1. The molecule has 3 aromatic rings. The molecule has 3 aromatic carbocycles. The molecule has 7 heteroatoms. The van der Waals surface area contributed by atoms with Gasteiger partial charge in [-0.1, -0.05) is 18.2 Å². The number of amides is 3. The van der Waals surface area contributed by atoms with E-state index in [1.165, 1.54) is 6.92 Å². The van der Waals surface area contributed by atoms with Crippen molar-refractivity contribution < 1.29 is 19.1 Å². The van der Waals surface area contributed by atoms with Gasteiger partial charge in [0.15, 0.2) is 0 Å². The fraction of sp³-hybridized carbons (Fsp3) is 0.222. The molecule has 3 amide bonds. The third kappa shape index (κ3) is 4.06. The number of nitrogens with two attached hydrogens (primary N) is 1. The van der Waals surface area contributed by atoms with Crippen LogP contribution in [0.2, 0.25) is 0 Å². The highest BCUT2D eigenvalue weighted by molar-refractivity contribution is 6.01. The first kappa shape index (κ1) is 21.9. The summed E-state index contributed by atoms with van der Waals surface area (Å²) in [6.45, 7) is 3.75. The molecule has 3 N–H and O–H groups in total. The van der Waals surface area contributed by atoms with Crippen LogP contribution in [0, 0.1) is 0 Å². The smallest absolute Gasteiger partial charge is 0.254 e. The summed E-state index contributed by atoms with van der Waals surface area (Å²) in [4.78, 5) is 38.4. The van der Waals surface area contributed by atoms with Crippen molar-refractivity contribution in [1.29, 1.82) is 0 Å². The van der Waals surface area contributed by atoms with E-state index in [4.69, 9.17) is 10.5 Å². The average Bonchev–Trinajstić information content (AvgIpc) is 3.21.